The molecule has 0 N–H and O–H groups in total. The van der Waals surface area contributed by atoms with Crippen LogP contribution in [0.2, 0.25) is 0 Å². The smallest absolute Gasteiger partial charge is 0.146 e. The van der Waals surface area contributed by atoms with Gasteiger partial charge >= 0.3 is 0 Å². The van der Waals surface area contributed by atoms with Gasteiger partial charge in [-0.2, -0.15) is 0 Å². The molecule has 0 saturated carbocycles. The van der Waals surface area contributed by atoms with Crippen molar-refractivity contribution in [1.82, 2.24) is 9.38 Å². The maximum absolute atomic E-state index is 5.19. The zero-order chi connectivity index (χ0) is 27.6. The molecule has 0 aliphatic carbocycles. The van der Waals surface area contributed by atoms with Gasteiger partial charge in [-0.25, -0.2) is 4.98 Å². The molecule has 7 aromatic carbocycles. The molecule has 9 rings (SSSR count). The van der Waals surface area contributed by atoms with Crippen molar-refractivity contribution < 1.29 is 0 Å². The molecular weight excluding hydrogens is 527 g/mol. The summed E-state index contributed by atoms with van der Waals surface area (Å²) in [5.74, 6) is 0. The highest BCUT2D eigenvalue weighted by Gasteiger charge is 2.20. The number of nitrogens with zero attached hydrogens (tertiary/aromatic N) is 2. The Kier molecular flexibility index (Phi) is 5.20. The molecule has 3 heteroatoms. The van der Waals surface area contributed by atoms with Crippen LogP contribution < -0.4 is 15.9 Å². The van der Waals surface area contributed by atoms with Gasteiger partial charge in [-0.3, -0.25) is 4.40 Å². The van der Waals surface area contributed by atoms with Crippen LogP contribution in [0.25, 0.3) is 59.9 Å². The van der Waals surface area contributed by atoms with Gasteiger partial charge in [0, 0.05) is 10.8 Å². The van der Waals surface area contributed by atoms with Gasteiger partial charge in [0.05, 0.1) is 16.6 Å². The average molecular weight is 553 g/mol. The first-order valence-electron chi connectivity index (χ1n) is 14.3. The van der Waals surface area contributed by atoms with E-state index in [-0.39, 0.29) is 0 Å². The second-order valence-electron chi connectivity index (χ2n) is 10.9. The number of hydrogen-bond donors (Lipinski definition) is 0. The minimum absolute atomic E-state index is 0.821. The molecule has 0 amide bonds. The van der Waals surface area contributed by atoms with E-state index in [9.17, 15) is 0 Å². The van der Waals surface area contributed by atoms with Crippen molar-refractivity contribution in [2.75, 3.05) is 0 Å². The van der Waals surface area contributed by atoms with E-state index in [1.807, 2.05) is 0 Å². The normalized spacial score (nSPS) is 12.0. The first-order valence-corrected chi connectivity index (χ1v) is 15.7. The lowest BCUT2D eigenvalue weighted by Crippen LogP contribution is -2.20. The predicted molar refractivity (Wildman–Crippen MR) is 181 cm³/mol. The zero-order valence-corrected chi connectivity index (χ0v) is 23.7. The van der Waals surface area contributed by atoms with Gasteiger partial charge in [-0.15, -0.1) is 0 Å². The lowest BCUT2D eigenvalue weighted by Gasteiger charge is -2.21. The first kappa shape index (κ1) is 23.6. The number of para-hydroxylation sites is 1. The maximum Gasteiger partial charge on any atom is 0.146 e. The quantitative estimate of drug-likeness (QED) is 0.158. The number of pyridine rings is 1. The second-order valence-corrected chi connectivity index (χ2v) is 13.1. The Morgan fingerprint density at radius 3 is 1.62 bits per heavy atom. The summed E-state index contributed by atoms with van der Waals surface area (Å²) in [6, 6.07) is 55.5. The summed E-state index contributed by atoms with van der Waals surface area (Å²) >= 11 is 0. The molecule has 0 radical (unpaired) electrons. The van der Waals surface area contributed by atoms with Crippen molar-refractivity contribution in [3.63, 3.8) is 0 Å². The fraction of sp³-hybridized carbons (Fsp3) is 0. The molecule has 0 bridgehead atoms. The molecular formula is C39H25N2P. The van der Waals surface area contributed by atoms with Crippen molar-refractivity contribution >= 4 is 83.7 Å². The number of rotatable bonds is 3. The average Bonchev–Trinajstić information content (AvgIpc) is 3.44. The Morgan fingerprint density at radius 2 is 0.929 bits per heavy atom. The van der Waals surface area contributed by atoms with Crippen LogP contribution in [0.5, 0.6) is 0 Å². The molecule has 2 nitrogen and oxygen atoms in total. The second kappa shape index (κ2) is 9.24. The Labute approximate surface area is 244 Å². The Hall–Kier alpha value is -5.04. The summed E-state index contributed by atoms with van der Waals surface area (Å²) in [4.78, 5) is 5.19. The fourth-order valence-electron chi connectivity index (χ4n) is 6.52. The summed E-state index contributed by atoms with van der Waals surface area (Å²) in [7, 11) is -0.821. The van der Waals surface area contributed by atoms with Crippen LogP contribution in [0.15, 0.2) is 152 Å². The molecule has 0 spiro atoms. The lowest BCUT2D eigenvalue weighted by atomic mass is 10.1. The Morgan fingerprint density at radius 1 is 0.405 bits per heavy atom. The molecule has 2 heterocycles. The Bertz CT molecular complexity index is 2410. The maximum atomic E-state index is 5.19. The van der Waals surface area contributed by atoms with Crippen LogP contribution in [-0.4, -0.2) is 9.38 Å². The van der Waals surface area contributed by atoms with Gasteiger partial charge in [0.15, 0.2) is 0 Å². The van der Waals surface area contributed by atoms with E-state index in [4.69, 9.17) is 4.98 Å². The molecule has 9 aromatic rings. The Balaban J connectivity index is 1.35. The monoisotopic (exact) mass is 552 g/mol. The third kappa shape index (κ3) is 3.59. The van der Waals surface area contributed by atoms with Gasteiger partial charge < -0.3 is 0 Å². The van der Waals surface area contributed by atoms with Crippen molar-refractivity contribution in [3.05, 3.63) is 152 Å². The van der Waals surface area contributed by atoms with Gasteiger partial charge in [0.1, 0.15) is 5.65 Å². The van der Waals surface area contributed by atoms with Crippen LogP contribution in [0, 0.1) is 0 Å². The number of aromatic nitrogens is 2. The summed E-state index contributed by atoms with van der Waals surface area (Å²) in [6.07, 6.45) is 0. The summed E-state index contributed by atoms with van der Waals surface area (Å²) < 4.78 is 2.37. The van der Waals surface area contributed by atoms with Gasteiger partial charge in [0.25, 0.3) is 0 Å². The molecule has 0 fully saturated rings. The van der Waals surface area contributed by atoms with E-state index in [1.165, 1.54) is 59.1 Å². The van der Waals surface area contributed by atoms with Crippen molar-refractivity contribution in [1.29, 1.82) is 0 Å². The minimum atomic E-state index is -0.821. The standard InChI is InChI=1S/C39H25N2P/c1-3-11-28-23-30(19-17-26(28)9-1)42(31-20-18-27-10-2-4-12-29(27)24-31)32-21-22-36-38(25-32)41-37-16-8-7-14-34(37)33-13-5-6-15-35(33)39(41)40-36/h1-25H. The summed E-state index contributed by atoms with van der Waals surface area (Å²) in [5, 5.41) is 12.8. The highest BCUT2D eigenvalue weighted by atomic mass is 31.1. The third-order valence-corrected chi connectivity index (χ3v) is 10.9. The summed E-state index contributed by atoms with van der Waals surface area (Å²) in [5.41, 5.74) is 4.37. The predicted octanol–water partition coefficient (Wildman–Crippen LogP) is 8.86. The largest absolute Gasteiger partial charge is 0.292 e. The molecule has 0 saturated heterocycles. The van der Waals surface area contributed by atoms with Gasteiger partial charge in [-0.1, -0.05) is 121 Å². The number of benzene rings is 7. The molecule has 0 aliphatic rings. The van der Waals surface area contributed by atoms with Crippen LogP contribution in [0.3, 0.4) is 0 Å². The molecule has 196 valence electrons. The molecule has 0 unspecified atom stereocenters. The fourth-order valence-corrected chi connectivity index (χ4v) is 8.87. The third-order valence-electron chi connectivity index (χ3n) is 8.48. The van der Waals surface area contributed by atoms with E-state index in [0.29, 0.717) is 0 Å². The first-order chi connectivity index (χ1) is 20.8. The topological polar surface area (TPSA) is 17.3 Å². The molecule has 42 heavy (non-hydrogen) atoms. The lowest BCUT2D eigenvalue weighted by molar-refractivity contribution is 1.32. The summed E-state index contributed by atoms with van der Waals surface area (Å²) in [6.45, 7) is 0. The van der Waals surface area contributed by atoms with Crippen LogP contribution >= 0.6 is 7.92 Å². The highest BCUT2D eigenvalue weighted by molar-refractivity contribution is 7.79. The van der Waals surface area contributed by atoms with Crippen molar-refractivity contribution in [2.45, 2.75) is 0 Å². The van der Waals surface area contributed by atoms with E-state index in [1.54, 1.807) is 0 Å². The van der Waals surface area contributed by atoms with E-state index in [0.717, 1.165) is 16.7 Å². The highest BCUT2D eigenvalue weighted by Crippen LogP contribution is 2.37. The SMILES string of the molecule is c1ccc2cc(P(c3ccc4ccccc4c3)c3ccc4nc5c6ccccc6c6ccccc6n5c4c3)ccc2c1. The minimum Gasteiger partial charge on any atom is -0.292 e. The van der Waals surface area contributed by atoms with E-state index < -0.39 is 7.92 Å². The van der Waals surface area contributed by atoms with Crippen LogP contribution in [0.4, 0.5) is 0 Å². The number of imidazole rings is 1. The van der Waals surface area contributed by atoms with Gasteiger partial charge in [0.2, 0.25) is 0 Å². The molecule has 0 aliphatic heterocycles. The number of hydrogen-bond acceptors (Lipinski definition) is 1. The number of fused-ring (bicyclic) bond motifs is 10. The van der Waals surface area contributed by atoms with Crippen LogP contribution in [-0.2, 0) is 0 Å². The molecule has 2 aromatic heterocycles. The van der Waals surface area contributed by atoms with Crippen LogP contribution in [0.1, 0.15) is 0 Å². The van der Waals surface area contributed by atoms with E-state index >= 15 is 0 Å². The van der Waals surface area contributed by atoms with E-state index in [2.05, 4.69) is 156 Å². The van der Waals surface area contributed by atoms with Gasteiger partial charge in [-0.05, 0) is 81.1 Å². The zero-order valence-electron chi connectivity index (χ0n) is 22.8. The molecule has 0 atom stereocenters. The van der Waals surface area contributed by atoms with Crippen molar-refractivity contribution in [2.24, 2.45) is 0 Å². The van der Waals surface area contributed by atoms with Crippen molar-refractivity contribution in [3.8, 4) is 0 Å².